The van der Waals surface area contributed by atoms with Gasteiger partial charge in [-0.1, -0.05) is 0 Å². The van der Waals surface area contributed by atoms with E-state index in [0.717, 1.165) is 29.6 Å². The van der Waals surface area contributed by atoms with Crippen molar-refractivity contribution in [2.24, 2.45) is 0 Å². The first-order valence-electron chi connectivity index (χ1n) is 6.61. The van der Waals surface area contributed by atoms with Crippen molar-refractivity contribution in [2.45, 2.75) is 12.3 Å². The zero-order chi connectivity index (χ0) is 15.4. The van der Waals surface area contributed by atoms with Gasteiger partial charge in [0.15, 0.2) is 0 Å². The van der Waals surface area contributed by atoms with Crippen LogP contribution in [0.25, 0.3) is 0 Å². The molecule has 1 aromatic carbocycles. The summed E-state index contributed by atoms with van der Waals surface area (Å²) in [4.78, 5) is 24.2. The zero-order valence-corrected chi connectivity index (χ0v) is 13.0. The molecule has 2 aromatic rings. The quantitative estimate of drug-likeness (QED) is 0.552. The smallest absolute Gasteiger partial charge is 0.253 e. The highest BCUT2D eigenvalue weighted by atomic mass is 32.2. The maximum absolute atomic E-state index is 11.2. The number of nitrogens with one attached hydrogen (secondary N) is 1. The summed E-state index contributed by atoms with van der Waals surface area (Å²) in [6.45, 7) is 1.38. The molecule has 0 fully saturated rings. The summed E-state index contributed by atoms with van der Waals surface area (Å²) in [6, 6.07) is 3.96. The molecular weight excluding hydrogens is 290 g/mol. The molecule has 0 atom stereocenters. The Morgan fingerprint density at radius 2 is 1.95 bits per heavy atom. The van der Waals surface area contributed by atoms with Gasteiger partial charge < -0.3 is 20.4 Å². The molecule has 0 aliphatic carbocycles. The summed E-state index contributed by atoms with van der Waals surface area (Å²) in [5.74, 6) is 3.45. The largest absolute Gasteiger partial charge is 0.464 e. The van der Waals surface area contributed by atoms with Crippen LogP contribution in [0.15, 0.2) is 26.1 Å². The van der Waals surface area contributed by atoms with Gasteiger partial charge in [-0.05, 0) is 26.2 Å². The lowest BCUT2D eigenvalue weighted by atomic mass is 10.2. The summed E-state index contributed by atoms with van der Waals surface area (Å²) in [5, 5.41) is 2.89. The van der Waals surface area contributed by atoms with Crippen molar-refractivity contribution < 1.29 is 4.42 Å². The molecule has 1 aromatic heterocycles. The third-order valence-electron chi connectivity index (χ3n) is 2.93. The molecule has 1 heterocycles. The van der Waals surface area contributed by atoms with E-state index in [1.165, 1.54) is 0 Å². The minimum Gasteiger partial charge on any atom is -0.464 e. The van der Waals surface area contributed by atoms with E-state index in [0.29, 0.717) is 6.54 Å². The van der Waals surface area contributed by atoms with Gasteiger partial charge in [0, 0.05) is 12.3 Å². The fourth-order valence-electron chi connectivity index (χ4n) is 1.90. The van der Waals surface area contributed by atoms with E-state index in [9.17, 15) is 9.59 Å². The first kappa shape index (κ1) is 15.7. The minimum absolute atomic E-state index is 0.0457. The summed E-state index contributed by atoms with van der Waals surface area (Å²) in [7, 11) is 3.99. The Morgan fingerprint density at radius 1 is 1.24 bits per heavy atom. The maximum atomic E-state index is 11.2. The molecule has 0 aliphatic heterocycles. The van der Waals surface area contributed by atoms with Gasteiger partial charge in [0.2, 0.25) is 0 Å². The monoisotopic (exact) mass is 309 g/mol. The number of hydrogen-bond acceptors (Lipinski definition) is 7. The van der Waals surface area contributed by atoms with Crippen molar-refractivity contribution in [1.82, 2.24) is 4.90 Å². The molecule has 0 unspecified atom stereocenters. The van der Waals surface area contributed by atoms with Gasteiger partial charge in [0.05, 0.1) is 12.3 Å². The Kier molecular flexibility index (Phi) is 5.08. The van der Waals surface area contributed by atoms with Gasteiger partial charge in [-0.2, -0.15) is 11.8 Å². The number of hydrogen-bond donors (Lipinski definition) is 2. The van der Waals surface area contributed by atoms with Crippen LogP contribution in [0.3, 0.4) is 0 Å². The molecule has 114 valence electrons. The van der Waals surface area contributed by atoms with E-state index in [1.807, 2.05) is 26.2 Å². The molecule has 0 bridgehead atoms. The Labute approximate surface area is 127 Å². The van der Waals surface area contributed by atoms with E-state index in [4.69, 9.17) is 10.2 Å². The zero-order valence-electron chi connectivity index (χ0n) is 12.1. The summed E-state index contributed by atoms with van der Waals surface area (Å²) >= 11 is 1.69. The third-order valence-corrected chi connectivity index (χ3v) is 3.91. The maximum Gasteiger partial charge on any atom is 0.253 e. The van der Waals surface area contributed by atoms with Gasteiger partial charge >= 0.3 is 0 Å². The highest BCUT2D eigenvalue weighted by Gasteiger charge is 2.16. The number of nitrogens with two attached hydrogens (primary N) is 1. The van der Waals surface area contributed by atoms with E-state index in [-0.39, 0.29) is 11.4 Å². The van der Waals surface area contributed by atoms with Gasteiger partial charge in [-0.15, -0.1) is 0 Å². The summed E-state index contributed by atoms with van der Waals surface area (Å²) in [6.07, 6.45) is 0. The van der Waals surface area contributed by atoms with Crippen LogP contribution in [0.5, 0.6) is 0 Å². The van der Waals surface area contributed by atoms with Gasteiger partial charge in [-0.25, -0.2) is 0 Å². The second-order valence-electron chi connectivity index (χ2n) is 5.03. The fourth-order valence-corrected chi connectivity index (χ4v) is 2.65. The Balaban J connectivity index is 1.67. The standard InChI is InChI=1S/C14H19N3O3S/c1-17(2)7-9-3-4-10(20-9)8-21-6-5-16-12-11(15)13(18)14(12)19/h3-4,16H,5-8,15H2,1-2H3. The number of rotatable bonds is 8. The Morgan fingerprint density at radius 3 is 2.62 bits per heavy atom. The summed E-state index contributed by atoms with van der Waals surface area (Å²) in [5.41, 5.74) is 4.62. The Hall–Kier alpha value is -1.73. The average Bonchev–Trinajstić information content (AvgIpc) is 2.88. The predicted octanol–water partition coefficient (Wildman–Crippen LogP) is 0.865. The van der Waals surface area contributed by atoms with Crippen molar-refractivity contribution in [3.63, 3.8) is 0 Å². The second kappa shape index (κ2) is 6.82. The lowest BCUT2D eigenvalue weighted by molar-refractivity contribution is 0.344. The number of thioether (sulfide) groups is 1. The SMILES string of the molecule is CN(C)Cc1ccc(CSCCNc2c(N)c(=O)c2=O)o1. The van der Waals surface area contributed by atoms with Gasteiger partial charge in [0.25, 0.3) is 10.9 Å². The third kappa shape index (κ3) is 3.89. The van der Waals surface area contributed by atoms with Crippen LogP contribution in [0.2, 0.25) is 0 Å². The number of nitrogens with zero attached hydrogens (tertiary/aromatic N) is 1. The molecule has 0 saturated heterocycles. The Bertz CT molecular complexity index is 671. The lowest BCUT2D eigenvalue weighted by Crippen LogP contribution is -2.37. The topological polar surface area (TPSA) is 88.6 Å². The van der Waals surface area contributed by atoms with E-state index in [1.54, 1.807) is 11.8 Å². The molecule has 0 aliphatic rings. The van der Waals surface area contributed by atoms with Crippen LogP contribution < -0.4 is 21.9 Å². The van der Waals surface area contributed by atoms with Crippen LogP contribution in [-0.2, 0) is 12.3 Å². The van der Waals surface area contributed by atoms with Crippen molar-refractivity contribution in [2.75, 3.05) is 37.4 Å². The van der Waals surface area contributed by atoms with E-state index < -0.39 is 10.9 Å². The van der Waals surface area contributed by atoms with Crippen LogP contribution >= 0.6 is 11.8 Å². The van der Waals surface area contributed by atoms with Gasteiger partial charge in [-0.3, -0.25) is 9.59 Å². The highest BCUT2D eigenvalue weighted by Crippen LogP contribution is 2.16. The molecule has 21 heavy (non-hydrogen) atoms. The normalized spacial score (nSPS) is 11.4. The molecule has 0 radical (unpaired) electrons. The molecule has 0 saturated carbocycles. The van der Waals surface area contributed by atoms with Crippen LogP contribution in [0.1, 0.15) is 11.5 Å². The summed E-state index contributed by atoms with van der Waals surface area (Å²) < 4.78 is 5.69. The van der Waals surface area contributed by atoms with Crippen LogP contribution in [0.4, 0.5) is 11.4 Å². The van der Waals surface area contributed by atoms with Crippen molar-refractivity contribution >= 4 is 23.1 Å². The molecule has 3 N–H and O–H groups in total. The molecule has 0 spiro atoms. The van der Waals surface area contributed by atoms with E-state index >= 15 is 0 Å². The number of anilines is 2. The van der Waals surface area contributed by atoms with Crippen LogP contribution in [0, 0.1) is 0 Å². The van der Waals surface area contributed by atoms with E-state index in [2.05, 4.69) is 10.2 Å². The predicted molar refractivity (Wildman–Crippen MR) is 86.5 cm³/mol. The average molecular weight is 309 g/mol. The first-order valence-corrected chi connectivity index (χ1v) is 7.77. The molecule has 6 nitrogen and oxygen atoms in total. The lowest BCUT2D eigenvalue weighted by Gasteiger charge is -2.09. The van der Waals surface area contributed by atoms with Crippen molar-refractivity contribution in [3.8, 4) is 0 Å². The molecule has 2 rings (SSSR count). The number of furan rings is 1. The minimum atomic E-state index is -0.589. The highest BCUT2D eigenvalue weighted by molar-refractivity contribution is 7.98. The fraction of sp³-hybridized carbons (Fsp3) is 0.429. The first-order chi connectivity index (χ1) is 9.99. The van der Waals surface area contributed by atoms with Crippen molar-refractivity contribution in [3.05, 3.63) is 44.1 Å². The molecule has 7 heteroatoms. The second-order valence-corrected chi connectivity index (χ2v) is 6.14. The molecule has 0 amide bonds. The number of nitrogen functional groups attached to an aromatic ring is 1. The van der Waals surface area contributed by atoms with Gasteiger partial charge in [0.1, 0.15) is 22.9 Å². The molecular formula is C14H19N3O3S. The van der Waals surface area contributed by atoms with Crippen molar-refractivity contribution in [1.29, 1.82) is 0 Å². The van der Waals surface area contributed by atoms with Crippen LogP contribution in [-0.4, -0.2) is 31.3 Å².